The fraction of sp³-hybridized carbons (Fsp3) is 0.714. The van der Waals surface area contributed by atoms with Gasteiger partial charge >= 0.3 is 0 Å². The topological polar surface area (TPSA) is 42.4 Å². The molecule has 1 aromatic rings. The van der Waals surface area contributed by atoms with E-state index < -0.39 is 0 Å². The van der Waals surface area contributed by atoms with Crippen molar-refractivity contribution in [3.8, 4) is 0 Å². The van der Waals surface area contributed by atoms with E-state index in [0.29, 0.717) is 6.04 Å². The summed E-state index contributed by atoms with van der Waals surface area (Å²) in [6.45, 7) is 7.05. The first-order valence-electron chi connectivity index (χ1n) is 6.78. The number of nitrogens with two attached hydrogens (primary N) is 1. The molecule has 0 aliphatic rings. The van der Waals surface area contributed by atoms with Crippen molar-refractivity contribution >= 4 is 0 Å². The third-order valence-corrected chi connectivity index (χ3v) is 3.27. The molecule has 0 saturated carbocycles. The number of rotatable bonds is 9. The Bertz CT molecular complexity index is 272. The van der Waals surface area contributed by atoms with Crippen LogP contribution in [0, 0.1) is 0 Å². The van der Waals surface area contributed by atoms with Crippen molar-refractivity contribution in [2.24, 2.45) is 5.73 Å². The van der Waals surface area contributed by atoms with Crippen LogP contribution in [0.2, 0.25) is 0 Å². The zero-order valence-corrected chi connectivity index (χ0v) is 11.2. The van der Waals surface area contributed by atoms with Gasteiger partial charge in [0.2, 0.25) is 0 Å². The predicted molar refractivity (Wildman–Crippen MR) is 71.8 cm³/mol. The first-order chi connectivity index (χ1) is 8.31. The zero-order chi connectivity index (χ0) is 12.5. The van der Waals surface area contributed by atoms with E-state index in [1.165, 1.54) is 25.7 Å². The largest absolute Gasteiger partial charge is 0.468 e. The van der Waals surface area contributed by atoms with Gasteiger partial charge < -0.3 is 10.2 Å². The van der Waals surface area contributed by atoms with Gasteiger partial charge in [0.15, 0.2) is 0 Å². The van der Waals surface area contributed by atoms with Crippen LogP contribution in [0.1, 0.15) is 45.3 Å². The van der Waals surface area contributed by atoms with Gasteiger partial charge in [-0.1, -0.05) is 33.1 Å². The molecule has 0 fully saturated rings. The van der Waals surface area contributed by atoms with Gasteiger partial charge in [-0.25, -0.2) is 0 Å². The summed E-state index contributed by atoms with van der Waals surface area (Å²) in [6.07, 6.45) is 6.76. The SMILES string of the molecule is CCCCCC(CN)N(CC)Cc1ccco1. The van der Waals surface area contributed by atoms with Crippen molar-refractivity contribution in [1.82, 2.24) is 4.90 Å². The van der Waals surface area contributed by atoms with E-state index >= 15 is 0 Å². The van der Waals surface area contributed by atoms with E-state index in [2.05, 4.69) is 18.7 Å². The Morgan fingerprint density at radius 2 is 2.18 bits per heavy atom. The maximum atomic E-state index is 5.89. The second-order valence-electron chi connectivity index (χ2n) is 4.53. The predicted octanol–water partition coefficient (Wildman–Crippen LogP) is 3.01. The third-order valence-electron chi connectivity index (χ3n) is 3.27. The van der Waals surface area contributed by atoms with Gasteiger partial charge in [-0.2, -0.15) is 0 Å². The minimum absolute atomic E-state index is 0.483. The molecule has 1 atom stereocenters. The Morgan fingerprint density at radius 3 is 2.71 bits per heavy atom. The molecule has 17 heavy (non-hydrogen) atoms. The van der Waals surface area contributed by atoms with Gasteiger partial charge in [-0.3, -0.25) is 4.90 Å². The number of hydrogen-bond donors (Lipinski definition) is 1. The Labute approximate surface area is 105 Å². The van der Waals surface area contributed by atoms with Gasteiger partial charge in [0.1, 0.15) is 5.76 Å². The van der Waals surface area contributed by atoms with Crippen molar-refractivity contribution in [2.45, 2.75) is 52.1 Å². The smallest absolute Gasteiger partial charge is 0.117 e. The summed E-state index contributed by atoms with van der Waals surface area (Å²) >= 11 is 0. The molecule has 0 spiro atoms. The van der Waals surface area contributed by atoms with E-state index in [1.54, 1.807) is 6.26 Å². The summed E-state index contributed by atoms with van der Waals surface area (Å²) in [7, 11) is 0. The highest BCUT2D eigenvalue weighted by Gasteiger charge is 2.16. The van der Waals surface area contributed by atoms with Crippen LogP contribution in [0.25, 0.3) is 0 Å². The Balaban J connectivity index is 2.44. The molecule has 1 rings (SSSR count). The van der Waals surface area contributed by atoms with Crippen LogP contribution in [0.3, 0.4) is 0 Å². The maximum absolute atomic E-state index is 5.89. The molecule has 0 amide bonds. The molecule has 3 heteroatoms. The van der Waals surface area contributed by atoms with Gasteiger partial charge in [0.05, 0.1) is 12.8 Å². The Kier molecular flexibility index (Phi) is 6.97. The lowest BCUT2D eigenvalue weighted by molar-refractivity contribution is 0.175. The van der Waals surface area contributed by atoms with Crippen molar-refractivity contribution < 1.29 is 4.42 Å². The van der Waals surface area contributed by atoms with E-state index in [9.17, 15) is 0 Å². The normalized spacial score (nSPS) is 13.2. The standard InChI is InChI=1S/C14H26N2O/c1-3-5-6-8-13(11-15)16(4-2)12-14-9-7-10-17-14/h7,9-10,13H,3-6,8,11-12,15H2,1-2H3. The van der Waals surface area contributed by atoms with Crippen LogP contribution in [0.5, 0.6) is 0 Å². The first-order valence-corrected chi connectivity index (χ1v) is 6.78. The van der Waals surface area contributed by atoms with Gasteiger partial charge in [0.25, 0.3) is 0 Å². The van der Waals surface area contributed by atoms with E-state index in [-0.39, 0.29) is 0 Å². The van der Waals surface area contributed by atoms with Crippen LogP contribution in [-0.2, 0) is 6.54 Å². The molecule has 2 N–H and O–H groups in total. The fourth-order valence-electron chi connectivity index (χ4n) is 2.18. The van der Waals surface area contributed by atoms with Crippen LogP contribution in [0.4, 0.5) is 0 Å². The molecule has 0 saturated heterocycles. The molecule has 0 aromatic carbocycles. The number of nitrogens with zero attached hydrogens (tertiary/aromatic N) is 1. The van der Waals surface area contributed by atoms with Crippen molar-refractivity contribution in [1.29, 1.82) is 0 Å². The first kappa shape index (κ1) is 14.3. The zero-order valence-electron chi connectivity index (χ0n) is 11.2. The van der Waals surface area contributed by atoms with E-state index in [0.717, 1.165) is 25.4 Å². The second-order valence-corrected chi connectivity index (χ2v) is 4.53. The summed E-state index contributed by atoms with van der Waals surface area (Å²) in [5.74, 6) is 1.03. The molecule has 3 nitrogen and oxygen atoms in total. The van der Waals surface area contributed by atoms with Crippen LogP contribution >= 0.6 is 0 Å². The maximum Gasteiger partial charge on any atom is 0.117 e. The highest BCUT2D eigenvalue weighted by molar-refractivity contribution is 4.98. The molecule has 0 radical (unpaired) electrons. The summed E-state index contributed by atoms with van der Waals surface area (Å²) < 4.78 is 5.40. The van der Waals surface area contributed by atoms with Gasteiger partial charge in [0, 0.05) is 12.6 Å². The quantitative estimate of drug-likeness (QED) is 0.672. The van der Waals surface area contributed by atoms with E-state index in [4.69, 9.17) is 10.2 Å². The molecular weight excluding hydrogens is 212 g/mol. The number of furan rings is 1. The molecule has 0 bridgehead atoms. The molecule has 1 heterocycles. The average Bonchev–Trinajstić information content (AvgIpc) is 2.85. The molecule has 1 aromatic heterocycles. The van der Waals surface area contributed by atoms with Crippen molar-refractivity contribution in [2.75, 3.05) is 13.1 Å². The number of hydrogen-bond acceptors (Lipinski definition) is 3. The lowest BCUT2D eigenvalue weighted by Gasteiger charge is -2.29. The van der Waals surface area contributed by atoms with Crippen molar-refractivity contribution in [3.05, 3.63) is 24.2 Å². The molecule has 1 unspecified atom stereocenters. The summed E-state index contributed by atoms with van der Waals surface area (Å²) in [5, 5.41) is 0. The highest BCUT2D eigenvalue weighted by atomic mass is 16.3. The van der Waals surface area contributed by atoms with Gasteiger partial charge in [-0.05, 0) is 25.1 Å². The number of unbranched alkanes of at least 4 members (excludes halogenated alkanes) is 2. The molecular formula is C14H26N2O. The average molecular weight is 238 g/mol. The monoisotopic (exact) mass is 238 g/mol. The second kappa shape index (κ2) is 8.31. The summed E-state index contributed by atoms with van der Waals surface area (Å²) in [5.41, 5.74) is 5.89. The minimum Gasteiger partial charge on any atom is -0.468 e. The number of likely N-dealkylation sites (N-methyl/N-ethyl adjacent to an activating group) is 1. The van der Waals surface area contributed by atoms with E-state index in [1.807, 2.05) is 12.1 Å². The highest BCUT2D eigenvalue weighted by Crippen LogP contribution is 2.13. The molecule has 0 aliphatic carbocycles. The fourth-order valence-corrected chi connectivity index (χ4v) is 2.18. The minimum atomic E-state index is 0.483. The Hall–Kier alpha value is -0.800. The van der Waals surface area contributed by atoms with Crippen LogP contribution in [-0.4, -0.2) is 24.0 Å². The lowest BCUT2D eigenvalue weighted by atomic mass is 10.1. The summed E-state index contributed by atoms with van der Waals surface area (Å²) in [4.78, 5) is 2.41. The Morgan fingerprint density at radius 1 is 1.35 bits per heavy atom. The lowest BCUT2D eigenvalue weighted by Crippen LogP contribution is -2.40. The summed E-state index contributed by atoms with van der Waals surface area (Å²) in [6, 6.07) is 4.46. The third kappa shape index (κ3) is 4.92. The molecule has 98 valence electrons. The van der Waals surface area contributed by atoms with Crippen LogP contribution in [0.15, 0.2) is 22.8 Å². The van der Waals surface area contributed by atoms with Gasteiger partial charge in [-0.15, -0.1) is 0 Å². The molecule has 0 aliphatic heterocycles. The van der Waals surface area contributed by atoms with Crippen LogP contribution < -0.4 is 5.73 Å². The van der Waals surface area contributed by atoms with Crippen molar-refractivity contribution in [3.63, 3.8) is 0 Å².